The second-order valence-corrected chi connectivity index (χ2v) is 3.79. The van der Waals surface area contributed by atoms with E-state index in [2.05, 4.69) is 5.32 Å². The molecular weight excluding hydrogens is 192 g/mol. The summed E-state index contributed by atoms with van der Waals surface area (Å²) >= 11 is 0. The monoisotopic (exact) mass is 210 g/mol. The summed E-state index contributed by atoms with van der Waals surface area (Å²) in [5, 5.41) is 11.8. The standard InChI is InChI=1S/C7H9NO2.C4H9N/c8-7(6(9)10)4-2-1-3-5-7;1-2-4-5-3-1/h1-4H,5,8H2,(H,9,10);5H,1-4H2. The number of carbonyl (C=O) groups is 1. The maximum absolute atomic E-state index is 10.5. The van der Waals surface area contributed by atoms with E-state index in [4.69, 9.17) is 10.8 Å². The molecule has 1 saturated heterocycles. The van der Waals surface area contributed by atoms with Crippen molar-refractivity contribution < 1.29 is 9.90 Å². The van der Waals surface area contributed by atoms with Crippen LogP contribution in [-0.2, 0) is 4.79 Å². The molecule has 84 valence electrons. The lowest BCUT2D eigenvalue weighted by molar-refractivity contribution is -0.141. The van der Waals surface area contributed by atoms with Gasteiger partial charge in [0.05, 0.1) is 0 Å². The van der Waals surface area contributed by atoms with Crippen molar-refractivity contribution in [1.29, 1.82) is 0 Å². The van der Waals surface area contributed by atoms with Crippen LogP contribution in [0.3, 0.4) is 0 Å². The van der Waals surface area contributed by atoms with Gasteiger partial charge in [0.15, 0.2) is 0 Å². The average molecular weight is 210 g/mol. The summed E-state index contributed by atoms with van der Waals surface area (Å²) in [7, 11) is 0. The van der Waals surface area contributed by atoms with Gasteiger partial charge < -0.3 is 16.2 Å². The summed E-state index contributed by atoms with van der Waals surface area (Å²) in [6, 6.07) is 0. The van der Waals surface area contributed by atoms with Crippen molar-refractivity contribution in [3.8, 4) is 0 Å². The Bertz CT molecular complexity index is 262. The molecule has 0 aromatic carbocycles. The third-order valence-corrected chi connectivity index (χ3v) is 2.45. The SMILES string of the molecule is C1CCNC1.NC1(C(=O)O)C=CC=CC1. The van der Waals surface area contributed by atoms with Crippen LogP contribution in [0.2, 0.25) is 0 Å². The Morgan fingerprint density at radius 3 is 2.27 bits per heavy atom. The van der Waals surface area contributed by atoms with E-state index in [-0.39, 0.29) is 0 Å². The number of carboxylic acids is 1. The second-order valence-electron chi connectivity index (χ2n) is 3.79. The quantitative estimate of drug-likeness (QED) is 0.594. The van der Waals surface area contributed by atoms with Crippen LogP contribution in [0.15, 0.2) is 24.3 Å². The highest BCUT2D eigenvalue weighted by Crippen LogP contribution is 2.13. The van der Waals surface area contributed by atoms with E-state index < -0.39 is 11.5 Å². The van der Waals surface area contributed by atoms with Gasteiger partial charge in [-0.25, -0.2) is 4.79 Å². The van der Waals surface area contributed by atoms with E-state index in [9.17, 15) is 4.79 Å². The topological polar surface area (TPSA) is 75.3 Å². The Balaban J connectivity index is 0.000000187. The first kappa shape index (κ1) is 11.9. The van der Waals surface area contributed by atoms with Gasteiger partial charge in [-0.3, -0.25) is 0 Å². The maximum atomic E-state index is 10.5. The molecule has 1 atom stereocenters. The lowest BCUT2D eigenvalue weighted by Gasteiger charge is -2.20. The normalized spacial score (nSPS) is 28.3. The van der Waals surface area contributed by atoms with Gasteiger partial charge in [-0.1, -0.05) is 24.3 Å². The number of carboxylic acid groups (broad SMARTS) is 1. The number of hydrogen-bond acceptors (Lipinski definition) is 3. The van der Waals surface area contributed by atoms with Gasteiger partial charge in [-0.2, -0.15) is 0 Å². The van der Waals surface area contributed by atoms with Crippen molar-refractivity contribution >= 4 is 5.97 Å². The molecule has 0 spiro atoms. The fourth-order valence-electron chi connectivity index (χ4n) is 1.42. The Morgan fingerprint density at radius 2 is 2.00 bits per heavy atom. The molecular formula is C11H18N2O2. The van der Waals surface area contributed by atoms with E-state index in [1.165, 1.54) is 32.0 Å². The Labute approximate surface area is 89.8 Å². The zero-order chi connectivity index (χ0) is 11.1. The molecule has 0 amide bonds. The van der Waals surface area contributed by atoms with Crippen molar-refractivity contribution in [2.24, 2.45) is 5.73 Å². The van der Waals surface area contributed by atoms with Crippen LogP contribution in [0.5, 0.6) is 0 Å². The summed E-state index contributed by atoms with van der Waals surface area (Å²) in [5.41, 5.74) is 4.29. The summed E-state index contributed by atoms with van der Waals surface area (Å²) in [6.07, 6.45) is 9.83. The average Bonchev–Trinajstić information content (AvgIpc) is 2.76. The molecule has 0 bridgehead atoms. The second kappa shape index (κ2) is 5.68. The van der Waals surface area contributed by atoms with Crippen LogP contribution < -0.4 is 11.1 Å². The molecule has 1 heterocycles. The molecule has 4 N–H and O–H groups in total. The molecule has 0 saturated carbocycles. The minimum atomic E-state index is -1.17. The summed E-state index contributed by atoms with van der Waals surface area (Å²) in [6.45, 7) is 2.50. The predicted octanol–water partition coefficient (Wildman–Crippen LogP) is 0.654. The third kappa shape index (κ3) is 3.85. The molecule has 15 heavy (non-hydrogen) atoms. The van der Waals surface area contributed by atoms with Gasteiger partial charge in [0.1, 0.15) is 5.54 Å². The molecule has 1 aliphatic carbocycles. The number of nitrogens with two attached hydrogens (primary N) is 1. The fraction of sp³-hybridized carbons (Fsp3) is 0.545. The number of aliphatic carboxylic acids is 1. The lowest BCUT2D eigenvalue weighted by atomic mass is 9.93. The maximum Gasteiger partial charge on any atom is 0.328 e. The third-order valence-electron chi connectivity index (χ3n) is 2.45. The van der Waals surface area contributed by atoms with Gasteiger partial charge in [0.2, 0.25) is 0 Å². The first-order valence-electron chi connectivity index (χ1n) is 5.22. The highest BCUT2D eigenvalue weighted by Gasteiger charge is 2.30. The molecule has 1 unspecified atom stereocenters. The van der Waals surface area contributed by atoms with E-state index in [0.717, 1.165) is 0 Å². The minimum absolute atomic E-state index is 0.374. The molecule has 1 aliphatic heterocycles. The van der Waals surface area contributed by atoms with E-state index in [1.807, 2.05) is 0 Å². The largest absolute Gasteiger partial charge is 0.480 e. The molecule has 0 aromatic heterocycles. The minimum Gasteiger partial charge on any atom is -0.480 e. The number of allylic oxidation sites excluding steroid dienone is 2. The van der Waals surface area contributed by atoms with Crippen LogP contribution in [-0.4, -0.2) is 29.7 Å². The summed E-state index contributed by atoms with van der Waals surface area (Å²) < 4.78 is 0. The molecule has 4 nitrogen and oxygen atoms in total. The molecule has 4 heteroatoms. The Hall–Kier alpha value is -1.13. The first-order valence-corrected chi connectivity index (χ1v) is 5.22. The van der Waals surface area contributed by atoms with Crippen molar-refractivity contribution in [1.82, 2.24) is 5.32 Å². The molecule has 0 aromatic rings. The smallest absolute Gasteiger partial charge is 0.328 e. The molecule has 2 rings (SSSR count). The van der Waals surface area contributed by atoms with Crippen molar-refractivity contribution in [2.45, 2.75) is 24.8 Å². The Morgan fingerprint density at radius 1 is 1.33 bits per heavy atom. The highest BCUT2D eigenvalue weighted by atomic mass is 16.4. The molecule has 0 radical (unpaired) electrons. The predicted molar refractivity (Wildman–Crippen MR) is 59.6 cm³/mol. The van der Waals surface area contributed by atoms with Gasteiger partial charge in [0.25, 0.3) is 0 Å². The van der Waals surface area contributed by atoms with Crippen molar-refractivity contribution in [3.05, 3.63) is 24.3 Å². The van der Waals surface area contributed by atoms with Crippen LogP contribution in [0, 0.1) is 0 Å². The van der Waals surface area contributed by atoms with Crippen LogP contribution >= 0.6 is 0 Å². The van der Waals surface area contributed by atoms with Gasteiger partial charge >= 0.3 is 5.97 Å². The van der Waals surface area contributed by atoms with E-state index >= 15 is 0 Å². The zero-order valence-corrected chi connectivity index (χ0v) is 8.78. The van der Waals surface area contributed by atoms with Crippen LogP contribution in [0.4, 0.5) is 0 Å². The van der Waals surface area contributed by atoms with Gasteiger partial charge in [-0.15, -0.1) is 0 Å². The van der Waals surface area contributed by atoms with Gasteiger partial charge in [0, 0.05) is 0 Å². The number of rotatable bonds is 1. The van der Waals surface area contributed by atoms with E-state index in [1.54, 1.807) is 18.2 Å². The van der Waals surface area contributed by atoms with Crippen LogP contribution in [0.1, 0.15) is 19.3 Å². The fourth-order valence-corrected chi connectivity index (χ4v) is 1.42. The lowest BCUT2D eigenvalue weighted by Crippen LogP contribution is -2.46. The van der Waals surface area contributed by atoms with E-state index in [0.29, 0.717) is 6.42 Å². The van der Waals surface area contributed by atoms with Crippen molar-refractivity contribution in [2.75, 3.05) is 13.1 Å². The highest BCUT2D eigenvalue weighted by molar-refractivity contribution is 5.81. The summed E-state index contributed by atoms with van der Waals surface area (Å²) in [4.78, 5) is 10.5. The zero-order valence-electron chi connectivity index (χ0n) is 8.78. The first-order chi connectivity index (χ1) is 7.15. The van der Waals surface area contributed by atoms with Crippen molar-refractivity contribution in [3.63, 3.8) is 0 Å². The Kier molecular flexibility index (Phi) is 4.52. The van der Waals surface area contributed by atoms with Gasteiger partial charge in [-0.05, 0) is 32.4 Å². The number of hydrogen-bond donors (Lipinski definition) is 3. The molecule has 1 fully saturated rings. The molecule has 2 aliphatic rings. The number of nitrogens with one attached hydrogen (secondary N) is 1. The summed E-state index contributed by atoms with van der Waals surface area (Å²) in [5.74, 6) is -0.979. The van der Waals surface area contributed by atoms with Crippen LogP contribution in [0.25, 0.3) is 0 Å².